The lowest BCUT2D eigenvalue weighted by molar-refractivity contribution is 0.725. The fourth-order valence-electron chi connectivity index (χ4n) is 1.24. The number of halogens is 1. The van der Waals surface area contributed by atoms with E-state index in [1.165, 1.54) is 4.88 Å². The van der Waals surface area contributed by atoms with Crippen LogP contribution in [0.25, 0.3) is 0 Å². The molecule has 12 heavy (non-hydrogen) atoms. The summed E-state index contributed by atoms with van der Waals surface area (Å²) in [4.78, 5) is 1.34. The molecule has 1 aliphatic rings. The third-order valence-corrected chi connectivity index (χ3v) is 4.58. The molecule has 1 N–H and O–H groups in total. The standard InChI is InChI=1S/C8H10ClNS2/c1-5-4-10-8(11-5)6-2-3-7(9)12-6/h2-3,5,8,10H,4H2,1H3. The van der Waals surface area contributed by atoms with Crippen LogP contribution < -0.4 is 5.32 Å². The van der Waals surface area contributed by atoms with Gasteiger partial charge >= 0.3 is 0 Å². The van der Waals surface area contributed by atoms with Crippen molar-refractivity contribution in [2.75, 3.05) is 6.54 Å². The van der Waals surface area contributed by atoms with Gasteiger partial charge in [0.15, 0.2) is 0 Å². The second-order valence-corrected chi connectivity index (χ2v) is 6.17. The molecule has 0 aromatic carbocycles. The van der Waals surface area contributed by atoms with E-state index in [0.29, 0.717) is 5.37 Å². The van der Waals surface area contributed by atoms with E-state index < -0.39 is 0 Å². The van der Waals surface area contributed by atoms with Gasteiger partial charge < -0.3 is 0 Å². The van der Waals surface area contributed by atoms with Crippen molar-refractivity contribution in [1.82, 2.24) is 5.32 Å². The summed E-state index contributed by atoms with van der Waals surface area (Å²) in [6.45, 7) is 3.34. The van der Waals surface area contributed by atoms with Crippen LogP contribution in [0.15, 0.2) is 12.1 Å². The first kappa shape index (κ1) is 8.88. The van der Waals surface area contributed by atoms with Gasteiger partial charge in [-0.2, -0.15) is 0 Å². The molecule has 1 nitrogen and oxygen atoms in total. The predicted molar refractivity (Wildman–Crippen MR) is 57.1 cm³/mol. The number of hydrogen-bond donors (Lipinski definition) is 1. The summed E-state index contributed by atoms with van der Waals surface area (Å²) in [5, 5.41) is 4.64. The number of hydrogen-bond acceptors (Lipinski definition) is 3. The molecule has 0 bridgehead atoms. The van der Waals surface area contributed by atoms with Gasteiger partial charge in [0.25, 0.3) is 0 Å². The maximum Gasteiger partial charge on any atom is 0.0932 e. The molecule has 0 saturated carbocycles. The Bertz CT molecular complexity index is 274. The molecule has 0 amide bonds. The van der Waals surface area contributed by atoms with Gasteiger partial charge in [-0.25, -0.2) is 0 Å². The van der Waals surface area contributed by atoms with E-state index in [1.807, 2.05) is 17.8 Å². The Morgan fingerprint density at radius 3 is 2.92 bits per heavy atom. The van der Waals surface area contributed by atoms with Crippen LogP contribution >= 0.6 is 34.7 Å². The summed E-state index contributed by atoms with van der Waals surface area (Å²) in [6.07, 6.45) is 0. The monoisotopic (exact) mass is 219 g/mol. The third-order valence-electron chi connectivity index (χ3n) is 1.81. The number of nitrogens with one attached hydrogen (secondary N) is 1. The van der Waals surface area contributed by atoms with E-state index in [0.717, 1.165) is 16.1 Å². The second-order valence-electron chi connectivity index (χ2n) is 2.88. The van der Waals surface area contributed by atoms with Crippen LogP contribution in [0.4, 0.5) is 0 Å². The molecule has 2 unspecified atom stereocenters. The molecule has 2 rings (SSSR count). The topological polar surface area (TPSA) is 12.0 Å². The fourth-order valence-corrected chi connectivity index (χ4v) is 3.63. The van der Waals surface area contributed by atoms with Crippen LogP contribution in [0.3, 0.4) is 0 Å². The molecule has 0 radical (unpaired) electrons. The molecule has 2 heterocycles. The molecule has 4 heteroatoms. The molecule has 2 atom stereocenters. The molecule has 0 aliphatic carbocycles. The lowest BCUT2D eigenvalue weighted by atomic mass is 10.4. The van der Waals surface area contributed by atoms with Gasteiger partial charge in [0.1, 0.15) is 0 Å². The number of thioether (sulfide) groups is 1. The highest BCUT2D eigenvalue weighted by Gasteiger charge is 2.23. The van der Waals surface area contributed by atoms with Crippen molar-refractivity contribution in [3.63, 3.8) is 0 Å². The summed E-state index contributed by atoms with van der Waals surface area (Å²) < 4.78 is 0.881. The quantitative estimate of drug-likeness (QED) is 0.779. The highest BCUT2D eigenvalue weighted by molar-refractivity contribution is 8.00. The first-order valence-corrected chi connectivity index (χ1v) is 6.03. The van der Waals surface area contributed by atoms with Gasteiger partial charge in [0.05, 0.1) is 9.71 Å². The van der Waals surface area contributed by atoms with Crippen LogP contribution in [0.1, 0.15) is 17.2 Å². The Kier molecular flexibility index (Phi) is 2.65. The van der Waals surface area contributed by atoms with Crippen LogP contribution in [0.5, 0.6) is 0 Å². The highest BCUT2D eigenvalue weighted by Crippen LogP contribution is 2.38. The van der Waals surface area contributed by atoms with Gasteiger partial charge in [0.2, 0.25) is 0 Å². The van der Waals surface area contributed by atoms with Crippen molar-refractivity contribution in [3.05, 3.63) is 21.3 Å². The minimum atomic E-state index is 0.470. The largest absolute Gasteiger partial charge is 0.300 e. The minimum absolute atomic E-state index is 0.470. The van der Waals surface area contributed by atoms with Crippen molar-refractivity contribution in [3.8, 4) is 0 Å². The Morgan fingerprint density at radius 2 is 2.42 bits per heavy atom. The molecule has 1 aromatic rings. The molecule has 0 spiro atoms. The zero-order valence-corrected chi connectivity index (χ0v) is 9.10. The Hall–Kier alpha value is 0.300. The molecular formula is C8H10ClNS2. The van der Waals surface area contributed by atoms with Crippen LogP contribution in [-0.2, 0) is 0 Å². The first-order chi connectivity index (χ1) is 5.75. The normalized spacial score (nSPS) is 29.5. The van der Waals surface area contributed by atoms with Crippen LogP contribution in [-0.4, -0.2) is 11.8 Å². The fraction of sp³-hybridized carbons (Fsp3) is 0.500. The van der Waals surface area contributed by atoms with E-state index in [1.54, 1.807) is 11.3 Å². The Morgan fingerprint density at radius 1 is 1.58 bits per heavy atom. The maximum atomic E-state index is 5.86. The lowest BCUT2D eigenvalue weighted by Crippen LogP contribution is -2.12. The Labute approximate surface area is 85.5 Å². The predicted octanol–water partition coefficient (Wildman–Crippen LogP) is 3.13. The average molecular weight is 220 g/mol. The third kappa shape index (κ3) is 1.79. The van der Waals surface area contributed by atoms with Gasteiger partial charge in [-0.3, -0.25) is 5.32 Å². The molecule has 1 fully saturated rings. The van der Waals surface area contributed by atoms with Gasteiger partial charge in [0, 0.05) is 16.7 Å². The van der Waals surface area contributed by atoms with Crippen molar-refractivity contribution in [1.29, 1.82) is 0 Å². The molecule has 1 aromatic heterocycles. The van der Waals surface area contributed by atoms with E-state index in [2.05, 4.69) is 18.3 Å². The van der Waals surface area contributed by atoms with Gasteiger partial charge in [-0.15, -0.1) is 23.1 Å². The van der Waals surface area contributed by atoms with Crippen molar-refractivity contribution in [2.24, 2.45) is 0 Å². The van der Waals surface area contributed by atoms with E-state index >= 15 is 0 Å². The zero-order chi connectivity index (χ0) is 8.55. The lowest BCUT2D eigenvalue weighted by Gasteiger charge is -2.05. The van der Waals surface area contributed by atoms with Crippen LogP contribution in [0.2, 0.25) is 4.34 Å². The van der Waals surface area contributed by atoms with Gasteiger partial charge in [-0.1, -0.05) is 18.5 Å². The zero-order valence-electron chi connectivity index (χ0n) is 6.71. The van der Waals surface area contributed by atoms with Crippen molar-refractivity contribution >= 4 is 34.7 Å². The molecule has 66 valence electrons. The summed E-state index contributed by atoms with van der Waals surface area (Å²) >= 11 is 9.50. The van der Waals surface area contributed by atoms with E-state index in [9.17, 15) is 0 Å². The van der Waals surface area contributed by atoms with E-state index in [4.69, 9.17) is 11.6 Å². The van der Waals surface area contributed by atoms with Gasteiger partial charge in [-0.05, 0) is 12.1 Å². The summed E-state index contributed by atoms with van der Waals surface area (Å²) in [5.41, 5.74) is 0. The highest BCUT2D eigenvalue weighted by atomic mass is 35.5. The summed E-state index contributed by atoms with van der Waals surface area (Å²) in [5.74, 6) is 0. The summed E-state index contributed by atoms with van der Waals surface area (Å²) in [6, 6.07) is 4.07. The van der Waals surface area contributed by atoms with E-state index in [-0.39, 0.29) is 0 Å². The SMILES string of the molecule is CC1CNC(c2ccc(Cl)s2)S1. The molecule has 1 saturated heterocycles. The maximum absolute atomic E-state index is 5.86. The van der Waals surface area contributed by atoms with Crippen LogP contribution in [0, 0.1) is 0 Å². The average Bonchev–Trinajstić information content (AvgIpc) is 2.58. The molecule has 1 aliphatic heterocycles. The molecular weight excluding hydrogens is 210 g/mol. The van der Waals surface area contributed by atoms with Crippen molar-refractivity contribution < 1.29 is 0 Å². The Balaban J connectivity index is 2.11. The van der Waals surface area contributed by atoms with Crippen molar-refractivity contribution in [2.45, 2.75) is 17.5 Å². The minimum Gasteiger partial charge on any atom is -0.300 e. The smallest absolute Gasteiger partial charge is 0.0932 e. The first-order valence-electron chi connectivity index (χ1n) is 3.90. The number of rotatable bonds is 1. The summed E-state index contributed by atoms with van der Waals surface area (Å²) in [7, 11) is 0. The second kappa shape index (κ2) is 3.58. The number of thiophene rings is 1.